The first-order valence-corrected chi connectivity index (χ1v) is 8.15. The van der Waals surface area contributed by atoms with Gasteiger partial charge in [0.15, 0.2) is 11.6 Å². The molecule has 124 valence electrons. The van der Waals surface area contributed by atoms with Crippen LogP contribution in [0, 0.1) is 17.6 Å². The molecule has 0 amide bonds. The highest BCUT2D eigenvalue weighted by atomic mass is 35.5. The van der Waals surface area contributed by atoms with Crippen molar-refractivity contribution in [1.82, 2.24) is 10.2 Å². The molecule has 0 bridgehead atoms. The molecule has 1 aromatic carbocycles. The van der Waals surface area contributed by atoms with Crippen molar-refractivity contribution in [2.75, 3.05) is 26.2 Å². The largest absolute Gasteiger partial charge is 0.314 e. The maximum absolute atomic E-state index is 13.7. The summed E-state index contributed by atoms with van der Waals surface area (Å²) in [7, 11) is 0. The van der Waals surface area contributed by atoms with E-state index >= 15 is 0 Å². The summed E-state index contributed by atoms with van der Waals surface area (Å²) in [4.78, 5) is 2.46. The number of benzene rings is 1. The van der Waals surface area contributed by atoms with Crippen LogP contribution in [0.5, 0.6) is 0 Å². The average molecular weight is 331 g/mol. The molecular weight excluding hydrogens is 306 g/mol. The van der Waals surface area contributed by atoms with Crippen LogP contribution in [0.15, 0.2) is 18.2 Å². The van der Waals surface area contributed by atoms with Gasteiger partial charge in [0.25, 0.3) is 0 Å². The van der Waals surface area contributed by atoms with E-state index in [4.69, 9.17) is 0 Å². The van der Waals surface area contributed by atoms with Gasteiger partial charge < -0.3 is 5.32 Å². The lowest BCUT2D eigenvalue weighted by atomic mass is 9.80. The summed E-state index contributed by atoms with van der Waals surface area (Å²) >= 11 is 0. The number of rotatable bonds is 3. The summed E-state index contributed by atoms with van der Waals surface area (Å²) in [5, 5.41) is 3.37. The van der Waals surface area contributed by atoms with E-state index in [1.54, 1.807) is 6.07 Å². The second-order valence-corrected chi connectivity index (χ2v) is 6.30. The van der Waals surface area contributed by atoms with E-state index < -0.39 is 11.6 Å². The zero-order valence-electron chi connectivity index (χ0n) is 12.9. The average Bonchev–Trinajstić information content (AvgIpc) is 2.53. The highest BCUT2D eigenvalue weighted by Crippen LogP contribution is 2.38. The Bertz CT molecular complexity index is 454. The standard InChI is InChI=1S/C17H24F2N2.ClH/c18-15-7-6-14(12-16(15)19)17(13-4-2-1-3-5-13)21-10-8-20-9-11-21;/h6-7,12-13,17,20H,1-5,8-11H2;1H/t17-;/m0./s1. The molecule has 1 aromatic rings. The van der Waals surface area contributed by atoms with Crippen LogP contribution >= 0.6 is 12.4 Å². The second-order valence-electron chi connectivity index (χ2n) is 6.30. The summed E-state index contributed by atoms with van der Waals surface area (Å²) in [6.07, 6.45) is 6.23. The fraction of sp³-hybridized carbons (Fsp3) is 0.647. The molecule has 3 rings (SSSR count). The van der Waals surface area contributed by atoms with Gasteiger partial charge in [0.1, 0.15) is 0 Å². The molecule has 5 heteroatoms. The van der Waals surface area contributed by atoms with Crippen molar-refractivity contribution in [1.29, 1.82) is 0 Å². The Morgan fingerprint density at radius 1 is 1.00 bits per heavy atom. The number of nitrogens with one attached hydrogen (secondary N) is 1. The van der Waals surface area contributed by atoms with Crippen molar-refractivity contribution >= 4 is 12.4 Å². The van der Waals surface area contributed by atoms with Crippen LogP contribution in [-0.4, -0.2) is 31.1 Å². The van der Waals surface area contributed by atoms with Gasteiger partial charge >= 0.3 is 0 Å². The van der Waals surface area contributed by atoms with Gasteiger partial charge in [-0.15, -0.1) is 12.4 Å². The van der Waals surface area contributed by atoms with Gasteiger partial charge in [-0.3, -0.25) is 4.90 Å². The summed E-state index contributed by atoms with van der Waals surface area (Å²) in [6, 6.07) is 4.71. The van der Waals surface area contributed by atoms with Crippen LogP contribution in [0.25, 0.3) is 0 Å². The molecular formula is C17H25ClF2N2. The van der Waals surface area contributed by atoms with E-state index in [1.165, 1.54) is 44.2 Å². The summed E-state index contributed by atoms with van der Waals surface area (Å²) in [6.45, 7) is 3.93. The SMILES string of the molecule is Cl.Fc1ccc([C@H](C2CCCCC2)N2CCNCC2)cc1F. The van der Waals surface area contributed by atoms with Gasteiger partial charge in [0.05, 0.1) is 0 Å². The highest BCUT2D eigenvalue weighted by molar-refractivity contribution is 5.85. The minimum atomic E-state index is -0.749. The smallest absolute Gasteiger partial charge is 0.159 e. The molecule has 1 atom stereocenters. The van der Waals surface area contributed by atoms with E-state index in [-0.39, 0.29) is 18.4 Å². The predicted molar refractivity (Wildman–Crippen MR) is 87.4 cm³/mol. The zero-order valence-corrected chi connectivity index (χ0v) is 13.7. The molecule has 0 aromatic heterocycles. The number of hydrogen-bond acceptors (Lipinski definition) is 2. The molecule has 0 radical (unpaired) electrons. The van der Waals surface area contributed by atoms with Crippen molar-refractivity contribution in [3.05, 3.63) is 35.4 Å². The third-order valence-electron chi connectivity index (χ3n) is 4.93. The van der Waals surface area contributed by atoms with Crippen LogP contribution < -0.4 is 5.32 Å². The topological polar surface area (TPSA) is 15.3 Å². The van der Waals surface area contributed by atoms with Crippen molar-refractivity contribution in [2.45, 2.75) is 38.1 Å². The molecule has 2 fully saturated rings. The molecule has 1 aliphatic carbocycles. The van der Waals surface area contributed by atoms with Gasteiger partial charge in [-0.25, -0.2) is 8.78 Å². The predicted octanol–water partition coefficient (Wildman–Crippen LogP) is 3.91. The Labute approximate surface area is 137 Å². The molecule has 2 aliphatic rings. The highest BCUT2D eigenvalue weighted by Gasteiger charge is 2.31. The molecule has 1 aliphatic heterocycles. The third kappa shape index (κ3) is 3.98. The zero-order chi connectivity index (χ0) is 14.7. The maximum atomic E-state index is 13.7. The van der Waals surface area contributed by atoms with Crippen LogP contribution in [0.4, 0.5) is 8.78 Å². The number of hydrogen-bond donors (Lipinski definition) is 1. The minimum absolute atomic E-state index is 0. The van der Waals surface area contributed by atoms with E-state index in [9.17, 15) is 8.78 Å². The summed E-state index contributed by atoms with van der Waals surface area (Å²) in [5.41, 5.74) is 0.947. The molecule has 1 heterocycles. The second kappa shape index (κ2) is 8.23. The van der Waals surface area contributed by atoms with E-state index in [2.05, 4.69) is 10.2 Å². The Morgan fingerprint density at radius 2 is 1.68 bits per heavy atom. The first-order chi connectivity index (χ1) is 10.3. The minimum Gasteiger partial charge on any atom is -0.314 e. The van der Waals surface area contributed by atoms with Crippen LogP contribution in [-0.2, 0) is 0 Å². The first kappa shape index (κ1) is 17.6. The van der Waals surface area contributed by atoms with E-state index in [0.29, 0.717) is 5.92 Å². The van der Waals surface area contributed by atoms with Crippen LogP contribution in [0.3, 0.4) is 0 Å². The molecule has 1 N–H and O–H groups in total. The normalized spacial score (nSPS) is 22.1. The lowest BCUT2D eigenvalue weighted by Gasteiger charge is -2.41. The van der Waals surface area contributed by atoms with Gasteiger partial charge in [-0.05, 0) is 36.5 Å². The lowest BCUT2D eigenvalue weighted by Crippen LogP contribution is -2.47. The lowest BCUT2D eigenvalue weighted by molar-refractivity contribution is 0.103. The number of piperazine rings is 1. The van der Waals surface area contributed by atoms with Gasteiger partial charge in [0.2, 0.25) is 0 Å². The summed E-state index contributed by atoms with van der Waals surface area (Å²) < 4.78 is 26.9. The number of nitrogens with zero attached hydrogens (tertiary/aromatic N) is 1. The third-order valence-corrected chi connectivity index (χ3v) is 4.93. The molecule has 0 spiro atoms. The van der Waals surface area contributed by atoms with Crippen molar-refractivity contribution in [3.63, 3.8) is 0 Å². The maximum Gasteiger partial charge on any atom is 0.159 e. The Kier molecular flexibility index (Phi) is 6.60. The molecule has 2 nitrogen and oxygen atoms in total. The van der Waals surface area contributed by atoms with Crippen molar-refractivity contribution in [2.24, 2.45) is 5.92 Å². The molecule has 22 heavy (non-hydrogen) atoms. The Balaban J connectivity index is 0.00000176. The fourth-order valence-electron chi connectivity index (χ4n) is 3.89. The number of halogens is 3. The van der Waals surface area contributed by atoms with Crippen LogP contribution in [0.1, 0.15) is 43.7 Å². The molecule has 1 saturated heterocycles. The fourth-order valence-corrected chi connectivity index (χ4v) is 3.89. The van der Waals surface area contributed by atoms with Gasteiger partial charge in [-0.1, -0.05) is 25.3 Å². The van der Waals surface area contributed by atoms with E-state index in [0.717, 1.165) is 31.7 Å². The van der Waals surface area contributed by atoms with E-state index in [1.807, 2.05) is 0 Å². The molecule has 0 unspecified atom stereocenters. The first-order valence-electron chi connectivity index (χ1n) is 8.15. The Hall–Kier alpha value is -0.710. The summed E-state index contributed by atoms with van der Waals surface area (Å²) in [5.74, 6) is -0.897. The van der Waals surface area contributed by atoms with Gasteiger partial charge in [0, 0.05) is 32.2 Å². The quantitative estimate of drug-likeness (QED) is 0.904. The Morgan fingerprint density at radius 3 is 2.32 bits per heavy atom. The molecule has 1 saturated carbocycles. The van der Waals surface area contributed by atoms with Crippen molar-refractivity contribution < 1.29 is 8.78 Å². The van der Waals surface area contributed by atoms with Crippen molar-refractivity contribution in [3.8, 4) is 0 Å². The van der Waals surface area contributed by atoms with Crippen LogP contribution in [0.2, 0.25) is 0 Å². The van der Waals surface area contributed by atoms with Gasteiger partial charge in [-0.2, -0.15) is 0 Å². The monoisotopic (exact) mass is 330 g/mol.